The summed E-state index contributed by atoms with van der Waals surface area (Å²) in [6.07, 6.45) is 3.26. The number of aromatic nitrogens is 2. The van der Waals surface area contributed by atoms with E-state index in [-0.39, 0.29) is 5.82 Å². The van der Waals surface area contributed by atoms with Crippen molar-refractivity contribution in [3.05, 3.63) is 41.0 Å². The van der Waals surface area contributed by atoms with Crippen LogP contribution in [0.3, 0.4) is 0 Å². The number of hydrogen-bond acceptors (Lipinski definition) is 7. The number of hydrogen-bond donors (Lipinski definition) is 4. The molecule has 0 saturated heterocycles. The van der Waals surface area contributed by atoms with Crippen molar-refractivity contribution < 1.29 is 14.2 Å². The zero-order valence-electron chi connectivity index (χ0n) is 16.7. The van der Waals surface area contributed by atoms with Crippen molar-refractivity contribution in [1.82, 2.24) is 15.3 Å². The second kappa shape index (κ2) is 8.34. The number of ether oxygens (including phenoxy) is 1. The molecule has 0 spiro atoms. The predicted octanol–water partition coefficient (Wildman–Crippen LogP) is 3.29. The van der Waals surface area contributed by atoms with Crippen LogP contribution < -0.4 is 20.7 Å². The molecule has 4 rings (SSSR count). The average molecular weight is 399 g/mol. The minimum atomic E-state index is -0.790. The van der Waals surface area contributed by atoms with Gasteiger partial charge in [-0.15, -0.1) is 0 Å². The van der Waals surface area contributed by atoms with Crippen LogP contribution in [0.4, 0.5) is 21.7 Å². The molecule has 1 atom stereocenters. The zero-order chi connectivity index (χ0) is 20.4. The molecule has 0 fully saturated rings. The zero-order valence-corrected chi connectivity index (χ0v) is 16.7. The Morgan fingerprint density at radius 1 is 1.31 bits per heavy atom. The van der Waals surface area contributed by atoms with E-state index in [4.69, 9.17) is 4.74 Å². The number of pyridine rings is 2. The van der Waals surface area contributed by atoms with Gasteiger partial charge in [0.2, 0.25) is 0 Å². The SMILES string of the molecule is CNc1cc(C)nc(Nc2nc3c(c(C4=CCNCCC4)c2F)OCC[C@@H]3O)c1. The summed E-state index contributed by atoms with van der Waals surface area (Å²) in [5.41, 5.74) is 3.28. The Hall–Kier alpha value is -2.71. The Morgan fingerprint density at radius 3 is 3.00 bits per heavy atom. The molecule has 4 heterocycles. The molecule has 29 heavy (non-hydrogen) atoms. The van der Waals surface area contributed by atoms with E-state index in [2.05, 4.69) is 25.9 Å². The molecule has 0 amide bonds. The van der Waals surface area contributed by atoms with E-state index in [1.165, 1.54) is 0 Å². The first-order valence-electron chi connectivity index (χ1n) is 9.94. The van der Waals surface area contributed by atoms with E-state index in [9.17, 15) is 5.11 Å². The molecule has 0 aliphatic carbocycles. The van der Waals surface area contributed by atoms with Crippen LogP contribution in [0.1, 0.15) is 42.3 Å². The van der Waals surface area contributed by atoms with Gasteiger partial charge in [-0.05, 0) is 37.9 Å². The second-order valence-electron chi connectivity index (χ2n) is 7.31. The number of aliphatic hydroxyl groups is 1. The lowest BCUT2D eigenvalue weighted by molar-refractivity contribution is 0.110. The summed E-state index contributed by atoms with van der Waals surface area (Å²) >= 11 is 0. The minimum Gasteiger partial charge on any atom is -0.491 e. The highest BCUT2D eigenvalue weighted by Crippen LogP contribution is 2.42. The fourth-order valence-electron chi connectivity index (χ4n) is 3.75. The molecule has 0 saturated carbocycles. The van der Waals surface area contributed by atoms with Crippen molar-refractivity contribution in [2.45, 2.75) is 32.3 Å². The molecule has 0 aromatic carbocycles. The van der Waals surface area contributed by atoms with Crippen molar-refractivity contribution >= 4 is 22.9 Å². The summed E-state index contributed by atoms with van der Waals surface area (Å²) in [6.45, 7) is 3.76. The van der Waals surface area contributed by atoms with Gasteiger partial charge in [-0.2, -0.15) is 0 Å². The normalized spacial score (nSPS) is 18.9. The number of anilines is 3. The summed E-state index contributed by atoms with van der Waals surface area (Å²) in [6, 6.07) is 3.68. The Bertz CT molecular complexity index is 947. The Labute approximate surface area is 169 Å². The van der Waals surface area contributed by atoms with Crippen LogP contribution in [0.15, 0.2) is 18.2 Å². The van der Waals surface area contributed by atoms with E-state index >= 15 is 4.39 Å². The van der Waals surface area contributed by atoms with Gasteiger partial charge in [0.1, 0.15) is 17.6 Å². The first-order valence-corrected chi connectivity index (χ1v) is 9.94. The number of allylic oxidation sites excluding steroid dienone is 1. The Morgan fingerprint density at radius 2 is 2.17 bits per heavy atom. The maximum absolute atomic E-state index is 15.7. The molecule has 0 radical (unpaired) electrons. The first-order chi connectivity index (χ1) is 14.1. The monoisotopic (exact) mass is 399 g/mol. The minimum absolute atomic E-state index is 0.0431. The lowest BCUT2D eigenvalue weighted by Crippen LogP contribution is -2.19. The van der Waals surface area contributed by atoms with Gasteiger partial charge in [-0.3, -0.25) is 0 Å². The maximum Gasteiger partial charge on any atom is 0.177 e. The van der Waals surface area contributed by atoms with Crippen molar-refractivity contribution in [3.63, 3.8) is 0 Å². The number of nitrogens with one attached hydrogen (secondary N) is 3. The van der Waals surface area contributed by atoms with Gasteiger partial charge in [0.05, 0.1) is 12.2 Å². The largest absolute Gasteiger partial charge is 0.491 e. The van der Waals surface area contributed by atoms with Crippen molar-refractivity contribution in [2.75, 3.05) is 37.4 Å². The van der Waals surface area contributed by atoms with Crippen LogP contribution in [-0.4, -0.2) is 41.8 Å². The van der Waals surface area contributed by atoms with E-state index in [1.807, 2.05) is 26.1 Å². The molecule has 4 N–H and O–H groups in total. The first kappa shape index (κ1) is 19.6. The third kappa shape index (κ3) is 4.04. The molecule has 2 aliphatic heterocycles. The van der Waals surface area contributed by atoms with Crippen LogP contribution in [0.25, 0.3) is 5.57 Å². The van der Waals surface area contributed by atoms with Crippen molar-refractivity contribution in [1.29, 1.82) is 0 Å². The number of halogens is 1. The van der Waals surface area contributed by atoms with Gasteiger partial charge < -0.3 is 25.8 Å². The van der Waals surface area contributed by atoms with E-state index in [0.29, 0.717) is 42.4 Å². The van der Waals surface area contributed by atoms with Crippen LogP contribution in [-0.2, 0) is 0 Å². The topological polar surface area (TPSA) is 91.3 Å². The van der Waals surface area contributed by atoms with Crippen LogP contribution in [0, 0.1) is 12.7 Å². The van der Waals surface area contributed by atoms with Gasteiger partial charge in [0.15, 0.2) is 17.4 Å². The molecular formula is C21H26FN5O2. The van der Waals surface area contributed by atoms with Gasteiger partial charge in [-0.25, -0.2) is 14.4 Å². The highest BCUT2D eigenvalue weighted by atomic mass is 19.1. The molecule has 0 bridgehead atoms. The molecule has 2 aromatic heterocycles. The summed E-state index contributed by atoms with van der Waals surface area (Å²) < 4.78 is 21.5. The number of aliphatic hydroxyl groups excluding tert-OH is 1. The molecule has 154 valence electrons. The molecule has 7 nitrogen and oxygen atoms in total. The molecule has 0 unspecified atom stereocenters. The lowest BCUT2D eigenvalue weighted by atomic mass is 9.96. The fourth-order valence-corrected chi connectivity index (χ4v) is 3.75. The summed E-state index contributed by atoms with van der Waals surface area (Å²) in [5, 5.41) is 19.9. The third-order valence-electron chi connectivity index (χ3n) is 5.17. The number of fused-ring (bicyclic) bond motifs is 1. The number of rotatable bonds is 4. The van der Waals surface area contributed by atoms with Gasteiger partial charge >= 0.3 is 0 Å². The highest BCUT2D eigenvalue weighted by molar-refractivity contribution is 5.76. The third-order valence-corrected chi connectivity index (χ3v) is 5.17. The van der Waals surface area contributed by atoms with Crippen molar-refractivity contribution in [2.24, 2.45) is 0 Å². The van der Waals surface area contributed by atoms with Gasteiger partial charge in [0, 0.05) is 37.5 Å². The summed E-state index contributed by atoms with van der Waals surface area (Å²) in [7, 11) is 1.81. The number of nitrogens with zero attached hydrogens (tertiary/aromatic N) is 2. The summed E-state index contributed by atoms with van der Waals surface area (Å²) in [4.78, 5) is 8.82. The fraction of sp³-hybridized carbons (Fsp3) is 0.429. The van der Waals surface area contributed by atoms with Crippen LogP contribution in [0.2, 0.25) is 0 Å². The summed E-state index contributed by atoms with van der Waals surface area (Å²) in [5.74, 6) is 0.393. The van der Waals surface area contributed by atoms with E-state index in [1.54, 1.807) is 6.07 Å². The maximum atomic E-state index is 15.7. The van der Waals surface area contributed by atoms with Crippen molar-refractivity contribution in [3.8, 4) is 5.75 Å². The molecular weight excluding hydrogens is 373 g/mol. The second-order valence-corrected chi connectivity index (χ2v) is 7.31. The smallest absolute Gasteiger partial charge is 0.177 e. The molecule has 2 aliphatic rings. The molecule has 2 aromatic rings. The Kier molecular flexibility index (Phi) is 5.64. The quantitative estimate of drug-likeness (QED) is 0.627. The van der Waals surface area contributed by atoms with E-state index in [0.717, 1.165) is 36.3 Å². The van der Waals surface area contributed by atoms with Crippen LogP contribution in [0.5, 0.6) is 5.75 Å². The number of aryl methyl sites for hydroxylation is 1. The molecule has 8 heteroatoms. The standard InChI is InChI=1S/C21H26FN5O2/c1-12-10-14(23-2)11-16(25-12)26-21-18(22)17(13-4-3-7-24-8-5-13)20-19(27-21)15(28)6-9-29-20/h5,10-11,15,24,28H,3-4,6-9H2,1-2H3,(H2,23,25,26,27)/t15-/m0/s1. The van der Waals surface area contributed by atoms with Crippen LogP contribution >= 0.6 is 0 Å². The lowest BCUT2D eigenvalue weighted by Gasteiger charge is -2.26. The Balaban J connectivity index is 1.82. The van der Waals surface area contributed by atoms with Gasteiger partial charge in [0.25, 0.3) is 0 Å². The van der Waals surface area contributed by atoms with Gasteiger partial charge in [-0.1, -0.05) is 6.08 Å². The van der Waals surface area contributed by atoms with E-state index < -0.39 is 11.9 Å². The highest BCUT2D eigenvalue weighted by Gasteiger charge is 2.30. The predicted molar refractivity (Wildman–Crippen MR) is 111 cm³/mol. The average Bonchev–Trinajstić information content (AvgIpc) is 2.98.